The SMILES string of the molecule is CCOc1cc2c(cc1CNC(=O)c1ccccc1SC[C@]1(C)NC(=O)NC1=O)O[C@H](C)C2. The van der Waals surface area contributed by atoms with Gasteiger partial charge in [-0.2, -0.15) is 0 Å². The Hall–Kier alpha value is -3.20. The summed E-state index contributed by atoms with van der Waals surface area (Å²) >= 11 is 1.35. The molecule has 0 spiro atoms. The van der Waals surface area contributed by atoms with Crippen LogP contribution in [0, 0.1) is 0 Å². The fraction of sp³-hybridized carbons (Fsp3) is 0.375. The van der Waals surface area contributed by atoms with E-state index in [0.717, 1.165) is 33.9 Å². The first kappa shape index (κ1) is 23.0. The van der Waals surface area contributed by atoms with E-state index >= 15 is 0 Å². The van der Waals surface area contributed by atoms with Crippen LogP contribution in [0.5, 0.6) is 11.5 Å². The second-order valence-corrected chi connectivity index (χ2v) is 9.36. The zero-order valence-electron chi connectivity index (χ0n) is 18.8. The van der Waals surface area contributed by atoms with Crippen molar-refractivity contribution in [3.05, 3.63) is 53.1 Å². The van der Waals surface area contributed by atoms with Crippen molar-refractivity contribution in [2.24, 2.45) is 0 Å². The Balaban J connectivity index is 1.46. The zero-order chi connectivity index (χ0) is 23.6. The number of carbonyl (C=O) groups excluding carboxylic acids is 3. The number of hydrogen-bond donors (Lipinski definition) is 3. The fourth-order valence-electron chi connectivity index (χ4n) is 3.86. The summed E-state index contributed by atoms with van der Waals surface area (Å²) in [6, 6.07) is 10.6. The lowest BCUT2D eigenvalue weighted by atomic mass is 10.1. The van der Waals surface area contributed by atoms with Crippen LogP contribution in [0.2, 0.25) is 0 Å². The highest BCUT2D eigenvalue weighted by molar-refractivity contribution is 7.99. The van der Waals surface area contributed by atoms with Gasteiger partial charge in [-0.3, -0.25) is 14.9 Å². The number of imide groups is 1. The molecule has 0 aromatic heterocycles. The largest absolute Gasteiger partial charge is 0.494 e. The van der Waals surface area contributed by atoms with Gasteiger partial charge in [-0.15, -0.1) is 11.8 Å². The summed E-state index contributed by atoms with van der Waals surface area (Å²) in [5, 5.41) is 7.87. The number of urea groups is 1. The number of nitrogens with one attached hydrogen (secondary N) is 3. The summed E-state index contributed by atoms with van der Waals surface area (Å²) in [7, 11) is 0. The highest BCUT2D eigenvalue weighted by Crippen LogP contribution is 2.35. The molecule has 0 unspecified atom stereocenters. The highest BCUT2D eigenvalue weighted by Gasteiger charge is 2.42. The predicted molar refractivity (Wildman–Crippen MR) is 125 cm³/mol. The van der Waals surface area contributed by atoms with E-state index in [9.17, 15) is 14.4 Å². The average Bonchev–Trinajstić information content (AvgIpc) is 3.27. The van der Waals surface area contributed by atoms with Gasteiger partial charge in [-0.25, -0.2) is 4.79 Å². The minimum atomic E-state index is -1.03. The second kappa shape index (κ2) is 9.35. The van der Waals surface area contributed by atoms with Gasteiger partial charge in [-0.1, -0.05) is 12.1 Å². The first-order valence-corrected chi connectivity index (χ1v) is 11.9. The maximum Gasteiger partial charge on any atom is 0.322 e. The lowest BCUT2D eigenvalue weighted by molar-refractivity contribution is -0.122. The van der Waals surface area contributed by atoms with Gasteiger partial charge in [0.15, 0.2) is 0 Å². The molecule has 3 N–H and O–H groups in total. The molecule has 1 fully saturated rings. The molecule has 0 aliphatic carbocycles. The molecule has 8 nitrogen and oxygen atoms in total. The number of hydrogen-bond acceptors (Lipinski definition) is 6. The van der Waals surface area contributed by atoms with Gasteiger partial charge >= 0.3 is 6.03 Å². The van der Waals surface area contributed by atoms with E-state index in [4.69, 9.17) is 9.47 Å². The maximum absolute atomic E-state index is 13.0. The third-order valence-corrected chi connectivity index (χ3v) is 6.97. The fourth-order valence-corrected chi connectivity index (χ4v) is 5.00. The molecule has 0 radical (unpaired) electrons. The van der Waals surface area contributed by atoms with Crippen molar-refractivity contribution in [2.75, 3.05) is 12.4 Å². The molecule has 2 aromatic rings. The monoisotopic (exact) mass is 469 g/mol. The molecule has 1 saturated heterocycles. The standard InChI is InChI=1S/C24H27N3O5S/c1-4-31-18-10-15-9-14(2)32-19(15)11-16(18)12-25-21(28)17-7-5-6-8-20(17)33-13-24(3)22(29)26-23(30)27-24/h5-8,10-11,14H,4,9,12-13H2,1-3H3,(H,25,28)(H2,26,27,29,30)/t14-,24+/m1/s1. The number of thioether (sulfide) groups is 1. The van der Waals surface area contributed by atoms with Gasteiger partial charge in [0.25, 0.3) is 11.8 Å². The number of carbonyl (C=O) groups is 3. The molecular weight excluding hydrogens is 442 g/mol. The minimum Gasteiger partial charge on any atom is -0.494 e. The van der Waals surface area contributed by atoms with E-state index < -0.39 is 11.6 Å². The first-order valence-electron chi connectivity index (χ1n) is 10.9. The molecular formula is C24H27N3O5S. The summed E-state index contributed by atoms with van der Waals surface area (Å²) in [6.07, 6.45) is 0.959. The number of fused-ring (bicyclic) bond motifs is 1. The Morgan fingerprint density at radius 2 is 2.09 bits per heavy atom. The Morgan fingerprint density at radius 3 is 2.82 bits per heavy atom. The van der Waals surface area contributed by atoms with Gasteiger partial charge in [0.1, 0.15) is 23.1 Å². The van der Waals surface area contributed by atoms with Crippen molar-refractivity contribution in [2.45, 2.75) is 50.3 Å². The molecule has 0 bridgehead atoms. The van der Waals surface area contributed by atoms with Crippen LogP contribution in [-0.2, 0) is 17.8 Å². The molecule has 2 heterocycles. The summed E-state index contributed by atoms with van der Waals surface area (Å²) in [6.45, 7) is 6.43. The van der Waals surface area contributed by atoms with E-state index in [1.54, 1.807) is 19.1 Å². The summed E-state index contributed by atoms with van der Waals surface area (Å²) in [5.74, 6) is 1.26. The van der Waals surface area contributed by atoms with E-state index in [1.807, 2.05) is 38.1 Å². The van der Waals surface area contributed by atoms with Crippen LogP contribution in [0.1, 0.15) is 42.3 Å². The average molecular weight is 470 g/mol. The molecule has 9 heteroatoms. The third kappa shape index (κ3) is 4.93. The van der Waals surface area contributed by atoms with E-state index in [2.05, 4.69) is 16.0 Å². The van der Waals surface area contributed by atoms with Crippen LogP contribution in [-0.4, -0.2) is 41.8 Å². The molecule has 4 rings (SSSR count). The molecule has 2 aliphatic rings. The van der Waals surface area contributed by atoms with Gasteiger partial charge < -0.3 is 20.1 Å². The quantitative estimate of drug-likeness (QED) is 0.405. The Bertz CT molecular complexity index is 1110. The Kier molecular flexibility index (Phi) is 6.51. The smallest absolute Gasteiger partial charge is 0.322 e. The van der Waals surface area contributed by atoms with Gasteiger partial charge in [0, 0.05) is 34.7 Å². The minimum absolute atomic E-state index is 0.122. The number of benzene rings is 2. The molecule has 2 aliphatic heterocycles. The molecule has 174 valence electrons. The molecule has 0 saturated carbocycles. The molecule has 2 atom stereocenters. The van der Waals surface area contributed by atoms with Crippen molar-refractivity contribution >= 4 is 29.6 Å². The summed E-state index contributed by atoms with van der Waals surface area (Å²) in [5.41, 5.74) is 1.43. The van der Waals surface area contributed by atoms with Crippen LogP contribution >= 0.6 is 11.8 Å². The van der Waals surface area contributed by atoms with Crippen LogP contribution in [0.15, 0.2) is 41.3 Å². The number of rotatable bonds is 8. The van der Waals surface area contributed by atoms with Crippen LogP contribution < -0.4 is 25.4 Å². The lowest BCUT2D eigenvalue weighted by Crippen LogP contribution is -2.46. The van der Waals surface area contributed by atoms with Crippen LogP contribution in [0.25, 0.3) is 0 Å². The van der Waals surface area contributed by atoms with Crippen molar-refractivity contribution in [1.82, 2.24) is 16.0 Å². The Labute approximate surface area is 196 Å². The predicted octanol–water partition coefficient (Wildman–Crippen LogP) is 3.03. The second-order valence-electron chi connectivity index (χ2n) is 8.34. The summed E-state index contributed by atoms with van der Waals surface area (Å²) < 4.78 is 11.7. The van der Waals surface area contributed by atoms with Gasteiger partial charge in [0.05, 0.1) is 12.2 Å². The maximum atomic E-state index is 13.0. The normalized spacial score (nSPS) is 21.1. The molecule has 4 amide bonds. The van der Waals surface area contributed by atoms with Crippen molar-refractivity contribution in [3.8, 4) is 11.5 Å². The first-order chi connectivity index (χ1) is 15.8. The van der Waals surface area contributed by atoms with Crippen molar-refractivity contribution in [1.29, 1.82) is 0 Å². The molecule has 2 aromatic carbocycles. The van der Waals surface area contributed by atoms with Gasteiger partial charge in [-0.05, 0) is 45.0 Å². The van der Waals surface area contributed by atoms with E-state index in [1.165, 1.54) is 11.8 Å². The highest BCUT2D eigenvalue weighted by atomic mass is 32.2. The number of amides is 4. The van der Waals surface area contributed by atoms with Gasteiger partial charge in [0.2, 0.25) is 0 Å². The van der Waals surface area contributed by atoms with Crippen LogP contribution in [0.3, 0.4) is 0 Å². The number of ether oxygens (including phenoxy) is 2. The zero-order valence-corrected chi connectivity index (χ0v) is 19.6. The van der Waals surface area contributed by atoms with Crippen LogP contribution in [0.4, 0.5) is 4.79 Å². The van der Waals surface area contributed by atoms with E-state index in [0.29, 0.717) is 17.9 Å². The van der Waals surface area contributed by atoms with Crippen molar-refractivity contribution < 1.29 is 23.9 Å². The topological polar surface area (TPSA) is 106 Å². The Morgan fingerprint density at radius 1 is 1.30 bits per heavy atom. The third-order valence-electron chi connectivity index (χ3n) is 5.58. The van der Waals surface area contributed by atoms with Crippen molar-refractivity contribution in [3.63, 3.8) is 0 Å². The van der Waals surface area contributed by atoms with E-state index in [-0.39, 0.29) is 24.5 Å². The molecule has 33 heavy (non-hydrogen) atoms. The lowest BCUT2D eigenvalue weighted by Gasteiger charge is -2.20. The summed E-state index contributed by atoms with van der Waals surface area (Å²) in [4.78, 5) is 37.3.